The van der Waals surface area contributed by atoms with Gasteiger partial charge in [0.15, 0.2) is 17.3 Å². The van der Waals surface area contributed by atoms with Gasteiger partial charge in [-0.05, 0) is 36.6 Å². The zero-order chi connectivity index (χ0) is 17.4. The maximum absolute atomic E-state index is 14.2. The fourth-order valence-electron chi connectivity index (χ4n) is 3.14. The van der Waals surface area contributed by atoms with Crippen LogP contribution in [0.4, 0.5) is 4.39 Å². The average Bonchev–Trinajstić information content (AvgIpc) is 3.32. The van der Waals surface area contributed by atoms with E-state index in [0.29, 0.717) is 17.0 Å². The van der Waals surface area contributed by atoms with Gasteiger partial charge < -0.3 is 14.4 Å². The molecule has 25 heavy (non-hydrogen) atoms. The quantitative estimate of drug-likeness (QED) is 0.758. The van der Waals surface area contributed by atoms with Gasteiger partial charge in [-0.3, -0.25) is 0 Å². The van der Waals surface area contributed by atoms with Crippen molar-refractivity contribution in [1.82, 2.24) is 5.16 Å². The first-order valence-corrected chi connectivity index (χ1v) is 8.19. The molecular formula is C20H18FNO3. The number of halogens is 1. The van der Waals surface area contributed by atoms with E-state index in [2.05, 4.69) is 5.16 Å². The van der Waals surface area contributed by atoms with Gasteiger partial charge in [-0.25, -0.2) is 4.39 Å². The van der Waals surface area contributed by atoms with E-state index in [9.17, 15) is 9.50 Å². The zero-order valence-electron chi connectivity index (χ0n) is 13.8. The molecule has 0 spiro atoms. The highest BCUT2D eigenvalue weighted by atomic mass is 19.1. The third kappa shape index (κ3) is 2.61. The first-order valence-electron chi connectivity index (χ1n) is 8.19. The Morgan fingerprint density at radius 2 is 1.92 bits per heavy atom. The highest BCUT2D eigenvalue weighted by molar-refractivity contribution is 5.83. The number of aromatic nitrogens is 1. The van der Waals surface area contributed by atoms with Crippen LogP contribution < -0.4 is 4.74 Å². The van der Waals surface area contributed by atoms with E-state index in [1.165, 1.54) is 13.2 Å². The first kappa shape index (κ1) is 15.8. The predicted molar refractivity (Wildman–Crippen MR) is 91.9 cm³/mol. The van der Waals surface area contributed by atoms with Crippen molar-refractivity contribution in [2.45, 2.75) is 18.3 Å². The molecule has 1 aliphatic rings. The van der Waals surface area contributed by atoms with Crippen molar-refractivity contribution >= 4 is 0 Å². The minimum Gasteiger partial charge on any atom is -0.494 e. The molecule has 3 aromatic rings. The molecule has 128 valence electrons. The summed E-state index contributed by atoms with van der Waals surface area (Å²) in [5, 5.41) is 14.0. The first-order chi connectivity index (χ1) is 12.2. The van der Waals surface area contributed by atoms with Crippen LogP contribution in [0.25, 0.3) is 22.4 Å². The number of benzene rings is 2. The Morgan fingerprint density at radius 3 is 2.52 bits per heavy atom. The molecule has 1 saturated carbocycles. The third-order valence-electron chi connectivity index (χ3n) is 4.82. The van der Waals surface area contributed by atoms with Gasteiger partial charge in [0, 0.05) is 5.56 Å². The normalized spacial score (nSPS) is 15.2. The van der Waals surface area contributed by atoms with Crippen LogP contribution in [0.1, 0.15) is 18.6 Å². The third-order valence-corrected chi connectivity index (χ3v) is 4.82. The molecule has 1 aliphatic carbocycles. The molecule has 4 rings (SSSR count). The maximum Gasteiger partial charge on any atom is 0.165 e. The molecule has 0 amide bonds. The van der Waals surface area contributed by atoms with Gasteiger partial charge in [-0.1, -0.05) is 35.5 Å². The van der Waals surface area contributed by atoms with Crippen LogP contribution >= 0.6 is 0 Å². The second-order valence-corrected chi connectivity index (χ2v) is 6.39. The van der Waals surface area contributed by atoms with Gasteiger partial charge in [0.25, 0.3) is 0 Å². The predicted octanol–water partition coefficient (Wildman–Crippen LogP) is 4.18. The van der Waals surface area contributed by atoms with Crippen molar-refractivity contribution in [2.75, 3.05) is 13.7 Å². The van der Waals surface area contributed by atoms with Crippen LogP contribution in [0.3, 0.4) is 0 Å². The summed E-state index contributed by atoms with van der Waals surface area (Å²) < 4.78 is 24.8. The molecular weight excluding hydrogens is 321 g/mol. The number of hydrogen-bond acceptors (Lipinski definition) is 4. The highest BCUT2D eigenvalue weighted by Crippen LogP contribution is 2.52. The van der Waals surface area contributed by atoms with E-state index < -0.39 is 5.82 Å². The summed E-state index contributed by atoms with van der Waals surface area (Å²) in [5.41, 5.74) is 2.56. The molecule has 0 bridgehead atoms. The van der Waals surface area contributed by atoms with Crippen molar-refractivity contribution < 1.29 is 18.8 Å². The molecule has 1 fully saturated rings. The van der Waals surface area contributed by atoms with E-state index in [1.54, 1.807) is 12.1 Å². The van der Waals surface area contributed by atoms with E-state index in [4.69, 9.17) is 9.26 Å². The van der Waals surface area contributed by atoms with Gasteiger partial charge in [-0.15, -0.1) is 0 Å². The van der Waals surface area contributed by atoms with Crippen molar-refractivity contribution in [3.05, 3.63) is 60.1 Å². The van der Waals surface area contributed by atoms with Crippen LogP contribution in [-0.4, -0.2) is 24.0 Å². The molecule has 0 unspecified atom stereocenters. The summed E-state index contributed by atoms with van der Waals surface area (Å²) >= 11 is 0. The van der Waals surface area contributed by atoms with Crippen molar-refractivity contribution in [3.63, 3.8) is 0 Å². The van der Waals surface area contributed by atoms with Crippen LogP contribution in [0, 0.1) is 5.82 Å². The Hall–Kier alpha value is -2.66. The molecule has 0 aliphatic heterocycles. The summed E-state index contributed by atoms with van der Waals surface area (Å²) in [6.45, 7) is 0.0123. The maximum atomic E-state index is 14.2. The minimum atomic E-state index is -0.452. The van der Waals surface area contributed by atoms with E-state index in [-0.39, 0.29) is 17.8 Å². The molecule has 0 saturated heterocycles. The Kier molecular flexibility index (Phi) is 3.81. The van der Waals surface area contributed by atoms with Crippen LogP contribution in [0.5, 0.6) is 5.75 Å². The molecule has 1 aromatic heterocycles. The molecule has 2 aromatic carbocycles. The van der Waals surface area contributed by atoms with Crippen LogP contribution in [0.15, 0.2) is 53.1 Å². The highest BCUT2D eigenvalue weighted by Gasteiger charge is 2.49. The van der Waals surface area contributed by atoms with Gasteiger partial charge >= 0.3 is 0 Å². The number of ether oxygens (including phenoxy) is 1. The number of aliphatic hydroxyl groups is 1. The summed E-state index contributed by atoms with van der Waals surface area (Å²) in [6, 6.07) is 14.5. The summed E-state index contributed by atoms with van der Waals surface area (Å²) in [7, 11) is 1.43. The van der Waals surface area contributed by atoms with E-state index in [0.717, 1.165) is 24.0 Å². The van der Waals surface area contributed by atoms with Gasteiger partial charge in [0.2, 0.25) is 0 Å². The Balaban J connectivity index is 1.90. The number of rotatable bonds is 5. The van der Waals surface area contributed by atoms with E-state index in [1.807, 2.05) is 30.3 Å². The smallest absolute Gasteiger partial charge is 0.165 e. The summed E-state index contributed by atoms with van der Waals surface area (Å²) in [4.78, 5) is 0. The molecule has 1 N–H and O–H groups in total. The second kappa shape index (κ2) is 6.01. The molecule has 4 nitrogen and oxygen atoms in total. The van der Waals surface area contributed by atoms with Crippen molar-refractivity contribution in [3.8, 4) is 28.1 Å². The van der Waals surface area contributed by atoms with E-state index >= 15 is 0 Å². The standard InChI is InChI=1S/C20H18FNO3/c1-24-16-8-7-14(11-15(16)21)18-17(13-5-3-2-4-6-13)19(25-22-18)20(12-23)9-10-20/h2-8,11,23H,9-10,12H2,1H3. The lowest BCUT2D eigenvalue weighted by Gasteiger charge is -2.11. The lowest BCUT2D eigenvalue weighted by molar-refractivity contribution is 0.226. The zero-order valence-corrected chi connectivity index (χ0v) is 13.8. The van der Waals surface area contributed by atoms with Gasteiger partial charge in [0.1, 0.15) is 5.69 Å². The summed E-state index contributed by atoms with van der Waals surface area (Å²) in [5.74, 6) is 0.405. The molecule has 5 heteroatoms. The number of aliphatic hydroxyl groups excluding tert-OH is 1. The Bertz CT molecular complexity index is 901. The molecule has 1 heterocycles. The Labute approximate surface area is 144 Å². The minimum absolute atomic E-state index is 0.0123. The monoisotopic (exact) mass is 339 g/mol. The largest absolute Gasteiger partial charge is 0.494 e. The number of nitrogens with zero attached hydrogens (tertiary/aromatic N) is 1. The summed E-state index contributed by atoms with van der Waals surface area (Å²) in [6.07, 6.45) is 1.71. The average molecular weight is 339 g/mol. The lowest BCUT2D eigenvalue weighted by atomic mass is 9.92. The van der Waals surface area contributed by atoms with Gasteiger partial charge in [-0.2, -0.15) is 0 Å². The molecule has 0 radical (unpaired) electrons. The van der Waals surface area contributed by atoms with Crippen molar-refractivity contribution in [1.29, 1.82) is 0 Å². The van der Waals surface area contributed by atoms with Crippen LogP contribution in [-0.2, 0) is 5.41 Å². The Morgan fingerprint density at radius 1 is 1.16 bits per heavy atom. The van der Waals surface area contributed by atoms with Gasteiger partial charge in [0.05, 0.1) is 24.7 Å². The second-order valence-electron chi connectivity index (χ2n) is 6.39. The lowest BCUT2D eigenvalue weighted by Crippen LogP contribution is -2.12. The van der Waals surface area contributed by atoms with Crippen molar-refractivity contribution in [2.24, 2.45) is 0 Å². The fourth-order valence-corrected chi connectivity index (χ4v) is 3.14. The topological polar surface area (TPSA) is 55.5 Å². The SMILES string of the molecule is COc1ccc(-c2noc(C3(CO)CC3)c2-c2ccccc2)cc1F. The number of methoxy groups -OCH3 is 1. The molecule has 0 atom stereocenters. The fraction of sp³-hybridized carbons (Fsp3) is 0.250. The number of hydrogen-bond donors (Lipinski definition) is 1. The van der Waals surface area contributed by atoms with Crippen LogP contribution in [0.2, 0.25) is 0 Å².